The Hall–Kier alpha value is -3.92. The van der Waals surface area contributed by atoms with Gasteiger partial charge in [0.05, 0.1) is 18.1 Å². The predicted octanol–water partition coefficient (Wildman–Crippen LogP) is 3.59. The van der Waals surface area contributed by atoms with E-state index in [1.165, 1.54) is 12.1 Å². The highest BCUT2D eigenvalue weighted by molar-refractivity contribution is 5.98. The lowest BCUT2D eigenvalue weighted by Crippen LogP contribution is -2.51. The maximum absolute atomic E-state index is 13.4. The maximum Gasteiger partial charge on any atom is 0.360 e. The molecular formula is C27H30N4O6. The van der Waals surface area contributed by atoms with Crippen molar-refractivity contribution in [3.05, 3.63) is 68.6 Å². The van der Waals surface area contributed by atoms with E-state index in [0.29, 0.717) is 57.0 Å². The van der Waals surface area contributed by atoms with Crippen molar-refractivity contribution in [2.75, 3.05) is 55.7 Å². The lowest BCUT2D eigenvalue weighted by molar-refractivity contribution is -0.384. The summed E-state index contributed by atoms with van der Waals surface area (Å²) in [5, 5.41) is 11.7. The van der Waals surface area contributed by atoms with Crippen molar-refractivity contribution >= 4 is 33.9 Å². The molecule has 0 spiro atoms. The fourth-order valence-electron chi connectivity index (χ4n) is 5.07. The van der Waals surface area contributed by atoms with Gasteiger partial charge in [-0.2, -0.15) is 0 Å². The van der Waals surface area contributed by atoms with Gasteiger partial charge in [-0.15, -0.1) is 0 Å². The van der Waals surface area contributed by atoms with E-state index >= 15 is 0 Å². The molecule has 2 aliphatic rings. The van der Waals surface area contributed by atoms with Crippen LogP contribution < -0.4 is 20.2 Å². The molecule has 37 heavy (non-hydrogen) atoms. The number of piperazine rings is 1. The summed E-state index contributed by atoms with van der Waals surface area (Å²) in [7, 11) is 0. The van der Waals surface area contributed by atoms with Crippen molar-refractivity contribution in [3.63, 3.8) is 0 Å². The van der Waals surface area contributed by atoms with Gasteiger partial charge in [-0.25, -0.2) is 4.79 Å². The Morgan fingerprint density at radius 3 is 2.54 bits per heavy atom. The Morgan fingerprint density at radius 1 is 1.08 bits per heavy atom. The lowest BCUT2D eigenvalue weighted by atomic mass is 9.98. The molecule has 1 fully saturated rings. The smallest absolute Gasteiger partial charge is 0.360 e. The SMILES string of the molecule is CCCOc1ccc2oc(=O)c3c(c2c1)CCCN3C(=O)CN1CCN(c2ccc([N+](=O)[O-])cc2)CC1. The number of fused-ring (bicyclic) bond motifs is 3. The lowest BCUT2D eigenvalue weighted by Gasteiger charge is -2.37. The van der Waals surface area contributed by atoms with Gasteiger partial charge in [-0.3, -0.25) is 19.8 Å². The van der Waals surface area contributed by atoms with Crippen LogP contribution >= 0.6 is 0 Å². The van der Waals surface area contributed by atoms with Crippen molar-refractivity contribution in [1.82, 2.24) is 4.90 Å². The third-order valence-electron chi connectivity index (χ3n) is 6.97. The average molecular weight is 507 g/mol. The van der Waals surface area contributed by atoms with E-state index in [4.69, 9.17) is 9.15 Å². The van der Waals surface area contributed by atoms with Crippen LogP contribution in [0.3, 0.4) is 0 Å². The number of non-ortho nitro benzene ring substituents is 1. The van der Waals surface area contributed by atoms with Crippen LogP contribution in [-0.4, -0.2) is 61.6 Å². The summed E-state index contributed by atoms with van der Waals surface area (Å²) in [5.74, 6) is 0.606. The number of nitro benzene ring substituents is 1. The number of hydrogen-bond donors (Lipinski definition) is 0. The number of carbonyl (C=O) groups excluding carboxylic acids is 1. The zero-order valence-corrected chi connectivity index (χ0v) is 20.9. The summed E-state index contributed by atoms with van der Waals surface area (Å²) in [6, 6.07) is 12.0. The highest BCUT2D eigenvalue weighted by Crippen LogP contribution is 2.33. The van der Waals surface area contributed by atoms with Crippen LogP contribution in [0.25, 0.3) is 11.0 Å². The van der Waals surface area contributed by atoms with Crippen LogP contribution in [0.1, 0.15) is 25.3 Å². The molecule has 3 aromatic rings. The molecule has 1 aromatic heterocycles. The molecule has 0 bridgehead atoms. The number of amides is 1. The van der Waals surface area contributed by atoms with Gasteiger partial charge in [-0.05, 0) is 55.2 Å². The van der Waals surface area contributed by atoms with Crippen LogP contribution in [0, 0.1) is 10.1 Å². The molecule has 1 saturated heterocycles. The average Bonchev–Trinajstić information content (AvgIpc) is 2.92. The minimum Gasteiger partial charge on any atom is -0.494 e. The first-order valence-electron chi connectivity index (χ1n) is 12.7. The second kappa shape index (κ2) is 10.6. The summed E-state index contributed by atoms with van der Waals surface area (Å²) in [6.07, 6.45) is 2.36. The van der Waals surface area contributed by atoms with Crippen molar-refractivity contribution in [1.29, 1.82) is 0 Å². The molecule has 194 valence electrons. The number of rotatable bonds is 7. The number of carbonyl (C=O) groups is 1. The van der Waals surface area contributed by atoms with Gasteiger partial charge in [0.1, 0.15) is 17.0 Å². The van der Waals surface area contributed by atoms with E-state index < -0.39 is 10.5 Å². The van der Waals surface area contributed by atoms with Gasteiger partial charge in [0.25, 0.3) is 5.69 Å². The van der Waals surface area contributed by atoms with Crippen molar-refractivity contribution < 1.29 is 18.9 Å². The van der Waals surface area contributed by atoms with Crippen LogP contribution in [0.4, 0.5) is 17.1 Å². The second-order valence-corrected chi connectivity index (χ2v) is 9.41. The molecule has 0 aliphatic carbocycles. The molecule has 2 aliphatic heterocycles. The Labute approximate surface area is 214 Å². The molecule has 0 atom stereocenters. The van der Waals surface area contributed by atoms with Gasteiger partial charge in [0.15, 0.2) is 0 Å². The monoisotopic (exact) mass is 506 g/mol. The highest BCUT2D eigenvalue weighted by Gasteiger charge is 2.30. The number of nitrogens with zero attached hydrogens (tertiary/aromatic N) is 4. The Balaban J connectivity index is 1.28. The topological polar surface area (TPSA) is 109 Å². The van der Waals surface area contributed by atoms with Crippen molar-refractivity contribution in [2.24, 2.45) is 0 Å². The summed E-state index contributed by atoms with van der Waals surface area (Å²) in [6.45, 7) is 6.10. The van der Waals surface area contributed by atoms with Gasteiger partial charge < -0.3 is 19.0 Å². The molecule has 3 heterocycles. The third kappa shape index (κ3) is 5.15. The van der Waals surface area contributed by atoms with Gasteiger partial charge in [0, 0.05) is 55.9 Å². The Morgan fingerprint density at radius 2 is 1.84 bits per heavy atom. The van der Waals surface area contributed by atoms with Crippen LogP contribution in [0.2, 0.25) is 0 Å². The molecule has 1 amide bonds. The van der Waals surface area contributed by atoms with E-state index in [1.807, 2.05) is 13.0 Å². The number of nitro groups is 1. The molecule has 0 N–H and O–H groups in total. The fraction of sp³-hybridized carbons (Fsp3) is 0.407. The predicted molar refractivity (Wildman–Crippen MR) is 141 cm³/mol. The molecule has 0 radical (unpaired) electrons. The standard InChI is InChI=1S/C27H30N4O6/c1-2-16-36-21-9-10-24-23(17-21)22-4-3-11-30(26(22)27(33)37-24)25(32)18-28-12-14-29(15-13-28)19-5-7-20(8-6-19)31(34)35/h5-10,17H,2-4,11-16,18H2,1H3. The largest absolute Gasteiger partial charge is 0.494 e. The first-order chi connectivity index (χ1) is 17.9. The number of anilines is 2. The number of benzene rings is 2. The first-order valence-corrected chi connectivity index (χ1v) is 12.7. The zero-order valence-electron chi connectivity index (χ0n) is 20.9. The summed E-state index contributed by atoms with van der Waals surface area (Å²) >= 11 is 0. The second-order valence-electron chi connectivity index (χ2n) is 9.41. The van der Waals surface area contributed by atoms with Crippen molar-refractivity contribution in [3.8, 4) is 5.75 Å². The van der Waals surface area contributed by atoms with E-state index in [2.05, 4.69) is 9.80 Å². The molecule has 10 nitrogen and oxygen atoms in total. The minimum absolute atomic E-state index is 0.0664. The first kappa shape index (κ1) is 24.8. The number of hydrogen-bond acceptors (Lipinski definition) is 8. The molecule has 0 saturated carbocycles. The molecule has 0 unspecified atom stereocenters. The van der Waals surface area contributed by atoms with E-state index in [1.54, 1.807) is 29.2 Å². The van der Waals surface area contributed by atoms with Crippen LogP contribution in [0.15, 0.2) is 51.7 Å². The third-order valence-corrected chi connectivity index (χ3v) is 6.97. The molecular weight excluding hydrogens is 476 g/mol. The fourth-order valence-corrected chi connectivity index (χ4v) is 5.07. The minimum atomic E-state index is -0.485. The van der Waals surface area contributed by atoms with Crippen LogP contribution in [0.5, 0.6) is 5.75 Å². The number of ether oxygens (including phenoxy) is 1. The normalized spacial score (nSPS) is 16.0. The summed E-state index contributed by atoms with van der Waals surface area (Å²) < 4.78 is 11.4. The van der Waals surface area contributed by atoms with Gasteiger partial charge in [0.2, 0.25) is 5.91 Å². The quantitative estimate of drug-likeness (QED) is 0.272. The van der Waals surface area contributed by atoms with Gasteiger partial charge >= 0.3 is 5.63 Å². The molecule has 2 aromatic carbocycles. The molecule has 10 heteroatoms. The zero-order chi connectivity index (χ0) is 25.9. The summed E-state index contributed by atoms with van der Waals surface area (Å²) in [4.78, 5) is 42.6. The van der Waals surface area contributed by atoms with Crippen molar-refractivity contribution in [2.45, 2.75) is 26.2 Å². The van der Waals surface area contributed by atoms with Crippen LogP contribution in [-0.2, 0) is 11.2 Å². The molecule has 5 rings (SSSR count). The van der Waals surface area contributed by atoms with E-state index in [-0.39, 0.29) is 18.1 Å². The van der Waals surface area contributed by atoms with E-state index in [0.717, 1.165) is 35.2 Å². The van der Waals surface area contributed by atoms with Gasteiger partial charge in [-0.1, -0.05) is 6.92 Å². The number of aryl methyl sites for hydroxylation is 1. The van der Waals surface area contributed by atoms with E-state index in [9.17, 15) is 19.7 Å². The highest BCUT2D eigenvalue weighted by atomic mass is 16.6. The Bertz CT molecular complexity index is 1360. The Kier molecular flexibility index (Phi) is 7.09. The summed E-state index contributed by atoms with van der Waals surface area (Å²) in [5.41, 5.74) is 2.20. The maximum atomic E-state index is 13.4.